The van der Waals surface area contributed by atoms with E-state index in [1.807, 2.05) is 0 Å². The fourth-order valence-electron chi connectivity index (χ4n) is 2.03. The Morgan fingerprint density at radius 3 is 2.61 bits per heavy atom. The van der Waals surface area contributed by atoms with Gasteiger partial charge in [-0.15, -0.1) is 11.6 Å². The smallest absolute Gasteiger partial charge is 0.282 e. The molecule has 0 unspecified atom stereocenters. The van der Waals surface area contributed by atoms with Crippen molar-refractivity contribution in [2.75, 3.05) is 5.88 Å². The van der Waals surface area contributed by atoms with Gasteiger partial charge in [0.25, 0.3) is 11.6 Å². The van der Waals surface area contributed by atoms with Crippen molar-refractivity contribution >= 4 is 23.2 Å². The highest BCUT2D eigenvalue weighted by molar-refractivity contribution is 6.19. The first kappa shape index (κ1) is 12.8. The Kier molecular flexibility index (Phi) is 3.52. The van der Waals surface area contributed by atoms with E-state index in [0.717, 1.165) is 19.3 Å². The van der Waals surface area contributed by atoms with E-state index < -0.39 is 10.8 Å². The molecule has 1 amide bonds. The first-order valence-electron chi connectivity index (χ1n) is 5.70. The second kappa shape index (κ2) is 4.94. The van der Waals surface area contributed by atoms with Gasteiger partial charge in [-0.25, -0.2) is 0 Å². The van der Waals surface area contributed by atoms with Crippen LogP contribution in [0, 0.1) is 10.1 Å². The van der Waals surface area contributed by atoms with Gasteiger partial charge in [-0.2, -0.15) is 0 Å². The molecule has 0 aliphatic heterocycles. The summed E-state index contributed by atoms with van der Waals surface area (Å²) >= 11 is 5.85. The van der Waals surface area contributed by atoms with E-state index in [1.165, 1.54) is 18.2 Å². The molecule has 6 heteroatoms. The molecule has 0 radical (unpaired) electrons. The predicted octanol–water partition coefficient (Wildman–Crippen LogP) is 2.49. The van der Waals surface area contributed by atoms with E-state index >= 15 is 0 Å². The molecule has 1 aliphatic rings. The first-order valence-corrected chi connectivity index (χ1v) is 6.23. The van der Waals surface area contributed by atoms with Crippen molar-refractivity contribution < 1.29 is 9.72 Å². The quantitative estimate of drug-likeness (QED) is 0.518. The number of hydrogen-bond acceptors (Lipinski definition) is 3. The van der Waals surface area contributed by atoms with Gasteiger partial charge in [0.15, 0.2) is 0 Å². The van der Waals surface area contributed by atoms with Gasteiger partial charge in [-0.05, 0) is 25.3 Å². The van der Waals surface area contributed by atoms with Gasteiger partial charge < -0.3 is 5.32 Å². The van der Waals surface area contributed by atoms with Gasteiger partial charge >= 0.3 is 0 Å². The first-order chi connectivity index (χ1) is 8.58. The lowest BCUT2D eigenvalue weighted by atomic mass is 9.78. The topological polar surface area (TPSA) is 72.2 Å². The van der Waals surface area contributed by atoms with Crippen LogP contribution >= 0.6 is 11.6 Å². The molecule has 2 rings (SSSR count). The minimum atomic E-state index is -0.553. The molecule has 0 aromatic heterocycles. The van der Waals surface area contributed by atoms with Gasteiger partial charge in [0.1, 0.15) is 5.56 Å². The average molecular weight is 269 g/mol. The maximum atomic E-state index is 12.1. The molecular formula is C12H13ClN2O3. The number of nitro groups is 1. The van der Waals surface area contributed by atoms with Crippen molar-refractivity contribution in [2.24, 2.45) is 0 Å². The Morgan fingerprint density at radius 1 is 1.44 bits per heavy atom. The van der Waals surface area contributed by atoms with Gasteiger partial charge in [-0.3, -0.25) is 14.9 Å². The maximum Gasteiger partial charge on any atom is 0.282 e. The predicted molar refractivity (Wildman–Crippen MR) is 67.9 cm³/mol. The number of alkyl halides is 1. The Hall–Kier alpha value is -1.62. The van der Waals surface area contributed by atoms with Crippen LogP contribution in [0.5, 0.6) is 0 Å². The average Bonchev–Trinajstić information content (AvgIpc) is 2.33. The summed E-state index contributed by atoms with van der Waals surface area (Å²) in [4.78, 5) is 22.4. The van der Waals surface area contributed by atoms with Crippen molar-refractivity contribution in [3.63, 3.8) is 0 Å². The number of para-hydroxylation sites is 1. The van der Waals surface area contributed by atoms with Crippen LogP contribution < -0.4 is 5.32 Å². The van der Waals surface area contributed by atoms with Crippen molar-refractivity contribution in [3.05, 3.63) is 39.9 Å². The summed E-state index contributed by atoms with van der Waals surface area (Å²) in [7, 11) is 0. The zero-order chi connectivity index (χ0) is 13.2. The second-order valence-electron chi connectivity index (χ2n) is 4.50. The molecule has 1 aromatic carbocycles. The molecule has 5 nitrogen and oxygen atoms in total. The Balaban J connectivity index is 2.21. The molecule has 1 aliphatic carbocycles. The normalized spacial score (nSPS) is 16.7. The van der Waals surface area contributed by atoms with Crippen LogP contribution in [0.4, 0.5) is 5.69 Å². The number of carbonyl (C=O) groups is 1. The lowest BCUT2D eigenvalue weighted by Crippen LogP contribution is -2.55. The molecule has 0 bridgehead atoms. The number of amides is 1. The fourth-order valence-corrected chi connectivity index (χ4v) is 2.36. The Labute approximate surface area is 109 Å². The molecular weight excluding hydrogens is 256 g/mol. The van der Waals surface area contributed by atoms with Crippen LogP contribution in [-0.2, 0) is 0 Å². The third-order valence-corrected chi connectivity index (χ3v) is 3.80. The van der Waals surface area contributed by atoms with Gasteiger partial charge in [0, 0.05) is 11.9 Å². The van der Waals surface area contributed by atoms with E-state index in [-0.39, 0.29) is 16.8 Å². The summed E-state index contributed by atoms with van der Waals surface area (Å²) in [6, 6.07) is 5.92. The van der Waals surface area contributed by atoms with Crippen LogP contribution in [0.2, 0.25) is 0 Å². The summed E-state index contributed by atoms with van der Waals surface area (Å²) in [5.74, 6) is -0.0954. The Bertz CT molecular complexity index is 480. The summed E-state index contributed by atoms with van der Waals surface area (Å²) in [5, 5.41) is 13.7. The van der Waals surface area contributed by atoms with Gasteiger partial charge in [0.2, 0.25) is 0 Å². The standard InChI is InChI=1S/C12H13ClN2O3/c13-8-12(6-3-7-12)14-11(16)9-4-1-2-5-10(9)15(17)18/h1-2,4-5H,3,6-8H2,(H,14,16). The number of nitro benzene ring substituents is 1. The highest BCUT2D eigenvalue weighted by atomic mass is 35.5. The lowest BCUT2D eigenvalue weighted by Gasteiger charge is -2.40. The number of carbonyl (C=O) groups excluding carboxylic acids is 1. The van der Waals surface area contributed by atoms with Crippen LogP contribution in [-0.4, -0.2) is 22.2 Å². The van der Waals surface area contributed by atoms with Gasteiger partial charge in [-0.1, -0.05) is 12.1 Å². The Morgan fingerprint density at radius 2 is 2.11 bits per heavy atom. The van der Waals surface area contributed by atoms with Crippen LogP contribution in [0.3, 0.4) is 0 Å². The van der Waals surface area contributed by atoms with Gasteiger partial charge in [0.05, 0.1) is 10.5 Å². The highest BCUT2D eigenvalue weighted by Gasteiger charge is 2.38. The SMILES string of the molecule is O=C(NC1(CCl)CCC1)c1ccccc1[N+](=O)[O-]. The molecule has 0 spiro atoms. The number of nitrogens with one attached hydrogen (secondary N) is 1. The maximum absolute atomic E-state index is 12.1. The van der Waals surface area contributed by atoms with Crippen LogP contribution in [0.1, 0.15) is 29.6 Å². The number of benzene rings is 1. The molecule has 1 N–H and O–H groups in total. The van der Waals surface area contributed by atoms with Crippen molar-refractivity contribution in [3.8, 4) is 0 Å². The monoisotopic (exact) mass is 268 g/mol. The summed E-state index contributed by atoms with van der Waals surface area (Å²) in [6.07, 6.45) is 2.66. The molecule has 96 valence electrons. The lowest BCUT2D eigenvalue weighted by molar-refractivity contribution is -0.385. The summed E-state index contributed by atoms with van der Waals surface area (Å²) in [6.45, 7) is 0. The minimum Gasteiger partial charge on any atom is -0.345 e. The second-order valence-corrected chi connectivity index (χ2v) is 4.76. The summed E-state index contributed by atoms with van der Waals surface area (Å²) in [5.41, 5.74) is -0.486. The molecule has 0 atom stereocenters. The van der Waals surface area contributed by atoms with Crippen molar-refractivity contribution in [2.45, 2.75) is 24.8 Å². The largest absolute Gasteiger partial charge is 0.345 e. The van der Waals surface area contributed by atoms with Crippen molar-refractivity contribution in [1.82, 2.24) is 5.32 Å². The highest BCUT2D eigenvalue weighted by Crippen LogP contribution is 2.33. The van der Waals surface area contributed by atoms with Crippen LogP contribution in [0.15, 0.2) is 24.3 Å². The van der Waals surface area contributed by atoms with Crippen molar-refractivity contribution in [1.29, 1.82) is 0 Å². The fraction of sp³-hybridized carbons (Fsp3) is 0.417. The zero-order valence-corrected chi connectivity index (χ0v) is 10.4. The van der Waals surface area contributed by atoms with E-state index in [0.29, 0.717) is 5.88 Å². The van der Waals surface area contributed by atoms with E-state index in [1.54, 1.807) is 6.07 Å². The molecule has 0 heterocycles. The minimum absolute atomic E-state index is 0.0823. The van der Waals surface area contributed by atoms with E-state index in [4.69, 9.17) is 11.6 Å². The number of nitrogens with zero attached hydrogens (tertiary/aromatic N) is 1. The third kappa shape index (κ3) is 2.31. The van der Waals surface area contributed by atoms with E-state index in [2.05, 4.69) is 5.32 Å². The molecule has 18 heavy (non-hydrogen) atoms. The number of rotatable bonds is 4. The van der Waals surface area contributed by atoms with Crippen LogP contribution in [0.25, 0.3) is 0 Å². The van der Waals surface area contributed by atoms with E-state index in [9.17, 15) is 14.9 Å². The third-order valence-electron chi connectivity index (χ3n) is 3.29. The zero-order valence-electron chi connectivity index (χ0n) is 9.69. The molecule has 1 fully saturated rings. The molecule has 1 saturated carbocycles. The summed E-state index contributed by atoms with van der Waals surface area (Å²) < 4.78 is 0. The number of hydrogen-bond donors (Lipinski definition) is 1. The molecule has 0 saturated heterocycles. The molecule has 1 aromatic rings. The number of halogens is 1.